The molecule has 110 valence electrons. The molecule has 0 atom stereocenters. The summed E-state index contributed by atoms with van der Waals surface area (Å²) in [5, 5.41) is 5.03. The van der Waals surface area contributed by atoms with Crippen LogP contribution in [0.3, 0.4) is 0 Å². The van der Waals surface area contributed by atoms with Crippen molar-refractivity contribution < 1.29 is 0 Å². The van der Waals surface area contributed by atoms with Crippen LogP contribution in [0.5, 0.6) is 0 Å². The van der Waals surface area contributed by atoms with Crippen LogP contribution in [-0.2, 0) is 12.3 Å². The van der Waals surface area contributed by atoms with Gasteiger partial charge < -0.3 is 5.32 Å². The lowest BCUT2D eigenvalue weighted by Gasteiger charge is -2.07. The van der Waals surface area contributed by atoms with Gasteiger partial charge in [-0.2, -0.15) is 0 Å². The molecule has 1 aliphatic rings. The Labute approximate surface area is 140 Å². The van der Waals surface area contributed by atoms with Crippen molar-refractivity contribution in [3.8, 4) is 0 Å². The van der Waals surface area contributed by atoms with Crippen molar-refractivity contribution in [1.82, 2.24) is 5.32 Å². The highest BCUT2D eigenvalue weighted by molar-refractivity contribution is 7.98. The van der Waals surface area contributed by atoms with E-state index < -0.39 is 0 Å². The van der Waals surface area contributed by atoms with E-state index >= 15 is 0 Å². The summed E-state index contributed by atoms with van der Waals surface area (Å²) in [6, 6.07) is 15.1. The standard InChI is InChI=1S/C17H17Cl2NS/c18-14-3-8-17(19)13(9-14)11-21-16-6-1-12(2-7-16)10-20-15-4-5-15/h1-3,6-9,15,20H,4-5,10-11H2. The average molecular weight is 338 g/mol. The van der Waals surface area contributed by atoms with E-state index in [0.29, 0.717) is 0 Å². The molecule has 0 heterocycles. The summed E-state index contributed by atoms with van der Waals surface area (Å²) in [4.78, 5) is 1.25. The van der Waals surface area contributed by atoms with Gasteiger partial charge >= 0.3 is 0 Å². The Hall–Kier alpha value is -0.670. The van der Waals surface area contributed by atoms with Gasteiger partial charge in [-0.15, -0.1) is 11.8 Å². The van der Waals surface area contributed by atoms with Crippen LogP contribution in [0, 0.1) is 0 Å². The second kappa shape index (κ2) is 7.06. The summed E-state index contributed by atoms with van der Waals surface area (Å²) in [7, 11) is 0. The predicted octanol–water partition coefficient (Wildman–Crippen LogP) is 5.54. The van der Waals surface area contributed by atoms with Gasteiger partial charge in [0.25, 0.3) is 0 Å². The molecule has 3 rings (SSSR count). The molecule has 0 saturated heterocycles. The average Bonchev–Trinajstić information content (AvgIpc) is 3.31. The third-order valence-electron chi connectivity index (χ3n) is 3.50. The Morgan fingerprint density at radius 2 is 1.81 bits per heavy atom. The number of nitrogens with one attached hydrogen (secondary N) is 1. The fraction of sp³-hybridized carbons (Fsp3) is 0.294. The van der Waals surface area contributed by atoms with Crippen LogP contribution < -0.4 is 5.32 Å². The maximum Gasteiger partial charge on any atom is 0.0447 e. The van der Waals surface area contributed by atoms with Crippen LogP contribution in [0.25, 0.3) is 0 Å². The molecule has 0 unspecified atom stereocenters. The third kappa shape index (κ3) is 4.65. The summed E-state index contributed by atoms with van der Waals surface area (Å²) in [5.41, 5.74) is 2.42. The maximum atomic E-state index is 6.18. The van der Waals surface area contributed by atoms with Crippen LogP contribution in [0.4, 0.5) is 0 Å². The molecule has 1 aliphatic carbocycles. The number of hydrogen-bond acceptors (Lipinski definition) is 2. The lowest BCUT2D eigenvalue weighted by Crippen LogP contribution is -2.14. The van der Waals surface area contributed by atoms with Crippen molar-refractivity contribution in [2.24, 2.45) is 0 Å². The van der Waals surface area contributed by atoms with Crippen molar-refractivity contribution in [3.63, 3.8) is 0 Å². The summed E-state index contributed by atoms with van der Waals surface area (Å²) in [6.45, 7) is 0.968. The SMILES string of the molecule is Clc1ccc(Cl)c(CSc2ccc(CNC3CC3)cc2)c1. The Kier molecular flexibility index (Phi) is 5.12. The van der Waals surface area contributed by atoms with Gasteiger partial charge in [0.1, 0.15) is 0 Å². The van der Waals surface area contributed by atoms with Gasteiger partial charge in [-0.3, -0.25) is 0 Å². The van der Waals surface area contributed by atoms with E-state index in [1.807, 2.05) is 18.2 Å². The van der Waals surface area contributed by atoms with E-state index in [2.05, 4.69) is 29.6 Å². The van der Waals surface area contributed by atoms with Gasteiger partial charge in [0.2, 0.25) is 0 Å². The van der Waals surface area contributed by atoms with Gasteiger partial charge in [-0.25, -0.2) is 0 Å². The fourth-order valence-corrected chi connectivity index (χ4v) is 3.42. The smallest absolute Gasteiger partial charge is 0.0447 e. The number of thioether (sulfide) groups is 1. The molecule has 1 fully saturated rings. The summed E-state index contributed by atoms with van der Waals surface area (Å²) >= 11 is 14.0. The Morgan fingerprint density at radius 1 is 1.05 bits per heavy atom. The molecule has 0 amide bonds. The zero-order valence-corrected chi connectivity index (χ0v) is 13.9. The first-order chi connectivity index (χ1) is 10.2. The zero-order chi connectivity index (χ0) is 14.7. The van der Waals surface area contributed by atoms with E-state index in [1.54, 1.807) is 11.8 Å². The van der Waals surface area contributed by atoms with Crippen molar-refractivity contribution in [2.75, 3.05) is 0 Å². The van der Waals surface area contributed by atoms with Crippen molar-refractivity contribution >= 4 is 35.0 Å². The van der Waals surface area contributed by atoms with Crippen LogP contribution in [-0.4, -0.2) is 6.04 Å². The van der Waals surface area contributed by atoms with Gasteiger partial charge in [-0.1, -0.05) is 35.3 Å². The van der Waals surface area contributed by atoms with Crippen LogP contribution in [0.15, 0.2) is 47.4 Å². The predicted molar refractivity (Wildman–Crippen MR) is 92.3 cm³/mol. The number of rotatable bonds is 6. The third-order valence-corrected chi connectivity index (χ3v) is 5.16. The van der Waals surface area contributed by atoms with E-state index in [4.69, 9.17) is 23.2 Å². The van der Waals surface area contributed by atoms with Gasteiger partial charge in [0, 0.05) is 33.3 Å². The van der Waals surface area contributed by atoms with E-state index in [1.165, 1.54) is 23.3 Å². The molecule has 21 heavy (non-hydrogen) atoms. The first-order valence-electron chi connectivity index (χ1n) is 7.10. The van der Waals surface area contributed by atoms with Crippen molar-refractivity contribution in [3.05, 3.63) is 63.6 Å². The number of benzene rings is 2. The molecular weight excluding hydrogens is 321 g/mol. The summed E-state index contributed by atoms with van der Waals surface area (Å²) in [6.07, 6.45) is 2.66. The van der Waals surface area contributed by atoms with Gasteiger partial charge in [0.05, 0.1) is 0 Å². The molecular formula is C17H17Cl2NS. The highest BCUT2D eigenvalue weighted by atomic mass is 35.5. The molecule has 0 bridgehead atoms. The van der Waals surface area contributed by atoms with Gasteiger partial charge in [-0.05, 0) is 54.3 Å². The van der Waals surface area contributed by atoms with E-state index in [0.717, 1.165) is 33.9 Å². The second-order valence-corrected chi connectivity index (χ2v) is 7.22. The van der Waals surface area contributed by atoms with Crippen LogP contribution >= 0.6 is 35.0 Å². The Balaban J connectivity index is 1.55. The van der Waals surface area contributed by atoms with Crippen LogP contribution in [0.1, 0.15) is 24.0 Å². The molecule has 1 saturated carbocycles. The Morgan fingerprint density at radius 3 is 2.52 bits per heavy atom. The molecule has 0 radical (unpaired) electrons. The molecule has 0 aromatic heterocycles. The van der Waals surface area contributed by atoms with Crippen molar-refractivity contribution in [2.45, 2.75) is 36.1 Å². The summed E-state index contributed by atoms with van der Waals surface area (Å²) < 4.78 is 0. The number of halogens is 2. The lowest BCUT2D eigenvalue weighted by atomic mass is 10.2. The van der Waals surface area contributed by atoms with Crippen LogP contribution in [0.2, 0.25) is 10.0 Å². The van der Waals surface area contributed by atoms with E-state index in [9.17, 15) is 0 Å². The first-order valence-corrected chi connectivity index (χ1v) is 8.84. The van der Waals surface area contributed by atoms with E-state index in [-0.39, 0.29) is 0 Å². The molecule has 2 aromatic rings. The normalized spacial score (nSPS) is 14.4. The quantitative estimate of drug-likeness (QED) is 0.694. The Bertz CT molecular complexity index is 609. The highest BCUT2D eigenvalue weighted by Gasteiger charge is 2.19. The molecule has 1 nitrogen and oxygen atoms in total. The van der Waals surface area contributed by atoms with Gasteiger partial charge in [0.15, 0.2) is 0 Å². The molecule has 2 aromatic carbocycles. The second-order valence-electron chi connectivity index (χ2n) is 5.32. The largest absolute Gasteiger partial charge is 0.310 e. The lowest BCUT2D eigenvalue weighted by molar-refractivity contribution is 0.687. The molecule has 4 heteroatoms. The zero-order valence-electron chi connectivity index (χ0n) is 11.6. The van der Waals surface area contributed by atoms with Crippen molar-refractivity contribution in [1.29, 1.82) is 0 Å². The maximum absolute atomic E-state index is 6.18. The molecule has 0 aliphatic heterocycles. The topological polar surface area (TPSA) is 12.0 Å². The fourth-order valence-electron chi connectivity index (χ4n) is 2.07. The number of hydrogen-bond donors (Lipinski definition) is 1. The minimum Gasteiger partial charge on any atom is -0.310 e. The molecule has 1 N–H and O–H groups in total. The first kappa shape index (κ1) is 15.2. The minimum atomic E-state index is 0.733. The molecule has 0 spiro atoms. The monoisotopic (exact) mass is 337 g/mol. The highest BCUT2D eigenvalue weighted by Crippen LogP contribution is 2.29. The summed E-state index contributed by atoms with van der Waals surface area (Å²) in [5.74, 6) is 0.832. The minimum absolute atomic E-state index is 0.733.